The SMILES string of the molecule is CN(CC1CC(O)C1)C(=O)c1cccc(CCN)c1. The van der Waals surface area contributed by atoms with Crippen LogP contribution in [0, 0.1) is 5.92 Å². The molecule has 1 aromatic rings. The third-order valence-electron chi connectivity index (χ3n) is 3.70. The minimum Gasteiger partial charge on any atom is -0.393 e. The molecule has 1 amide bonds. The van der Waals surface area contributed by atoms with E-state index in [1.165, 1.54) is 0 Å². The fraction of sp³-hybridized carbons (Fsp3) is 0.533. The Kier molecular flexibility index (Phi) is 4.56. The second-order valence-corrected chi connectivity index (χ2v) is 5.42. The minimum absolute atomic E-state index is 0.0419. The third-order valence-corrected chi connectivity index (χ3v) is 3.70. The van der Waals surface area contributed by atoms with E-state index in [9.17, 15) is 9.90 Å². The zero-order chi connectivity index (χ0) is 13.8. The number of hydrogen-bond donors (Lipinski definition) is 2. The Morgan fingerprint density at radius 1 is 1.47 bits per heavy atom. The summed E-state index contributed by atoms with van der Waals surface area (Å²) in [4.78, 5) is 14.0. The Bertz CT molecular complexity index is 442. The molecule has 1 aromatic carbocycles. The smallest absolute Gasteiger partial charge is 0.253 e. The van der Waals surface area contributed by atoms with Gasteiger partial charge < -0.3 is 15.7 Å². The number of benzene rings is 1. The van der Waals surface area contributed by atoms with Crippen molar-refractivity contribution in [3.05, 3.63) is 35.4 Å². The molecule has 0 bridgehead atoms. The molecule has 3 N–H and O–H groups in total. The van der Waals surface area contributed by atoms with E-state index in [2.05, 4.69) is 0 Å². The molecule has 0 atom stereocenters. The van der Waals surface area contributed by atoms with Gasteiger partial charge >= 0.3 is 0 Å². The van der Waals surface area contributed by atoms with Crippen molar-refractivity contribution in [1.82, 2.24) is 4.90 Å². The van der Waals surface area contributed by atoms with Crippen molar-refractivity contribution in [3.63, 3.8) is 0 Å². The van der Waals surface area contributed by atoms with Crippen LogP contribution in [0.2, 0.25) is 0 Å². The number of nitrogens with two attached hydrogens (primary N) is 1. The highest BCUT2D eigenvalue weighted by Gasteiger charge is 2.29. The summed E-state index contributed by atoms with van der Waals surface area (Å²) in [5.41, 5.74) is 7.35. The number of nitrogens with zero attached hydrogens (tertiary/aromatic N) is 1. The van der Waals surface area contributed by atoms with Gasteiger partial charge in [0.05, 0.1) is 6.10 Å². The summed E-state index contributed by atoms with van der Waals surface area (Å²) in [5, 5.41) is 9.27. The first-order valence-corrected chi connectivity index (χ1v) is 6.82. The van der Waals surface area contributed by atoms with Crippen molar-refractivity contribution < 1.29 is 9.90 Å². The van der Waals surface area contributed by atoms with E-state index in [-0.39, 0.29) is 12.0 Å². The first-order valence-electron chi connectivity index (χ1n) is 6.82. The summed E-state index contributed by atoms with van der Waals surface area (Å²) < 4.78 is 0. The van der Waals surface area contributed by atoms with Gasteiger partial charge in [-0.3, -0.25) is 4.79 Å². The van der Waals surface area contributed by atoms with E-state index in [0.717, 1.165) is 31.4 Å². The maximum absolute atomic E-state index is 12.3. The van der Waals surface area contributed by atoms with Gasteiger partial charge in [0.25, 0.3) is 5.91 Å². The summed E-state index contributed by atoms with van der Waals surface area (Å²) in [5.74, 6) is 0.483. The predicted octanol–water partition coefficient (Wildman–Crippen LogP) is 1.03. The Morgan fingerprint density at radius 2 is 2.21 bits per heavy atom. The van der Waals surface area contributed by atoms with Gasteiger partial charge in [0.15, 0.2) is 0 Å². The molecule has 19 heavy (non-hydrogen) atoms. The van der Waals surface area contributed by atoms with Crippen LogP contribution in [0.25, 0.3) is 0 Å². The average molecular weight is 262 g/mol. The average Bonchev–Trinajstić information content (AvgIpc) is 2.36. The maximum atomic E-state index is 12.3. The summed E-state index contributed by atoms with van der Waals surface area (Å²) in [6.07, 6.45) is 2.25. The molecule has 2 rings (SSSR count). The van der Waals surface area contributed by atoms with Crippen LogP contribution < -0.4 is 5.73 Å². The normalized spacial score (nSPS) is 21.8. The lowest BCUT2D eigenvalue weighted by Crippen LogP contribution is -2.39. The number of aliphatic hydroxyl groups excluding tert-OH is 1. The number of carbonyl (C=O) groups excluding carboxylic acids is 1. The molecule has 0 radical (unpaired) electrons. The standard InChI is InChI=1S/C15H22N2O2/c1-17(10-12-8-14(18)9-12)15(19)13-4-2-3-11(7-13)5-6-16/h2-4,7,12,14,18H,5-6,8-10,16H2,1H3. The van der Waals surface area contributed by atoms with Crippen LogP contribution in [-0.2, 0) is 6.42 Å². The van der Waals surface area contributed by atoms with Gasteiger partial charge in [-0.05, 0) is 49.4 Å². The molecule has 0 aromatic heterocycles. The molecule has 1 saturated carbocycles. The first kappa shape index (κ1) is 14.0. The Balaban J connectivity index is 1.96. The van der Waals surface area contributed by atoms with Crippen molar-refractivity contribution in [3.8, 4) is 0 Å². The van der Waals surface area contributed by atoms with Crippen molar-refractivity contribution in [1.29, 1.82) is 0 Å². The quantitative estimate of drug-likeness (QED) is 0.833. The van der Waals surface area contributed by atoms with Crippen molar-refractivity contribution in [2.24, 2.45) is 11.7 Å². The molecule has 0 spiro atoms. The van der Waals surface area contributed by atoms with Crippen LogP contribution in [0.3, 0.4) is 0 Å². The molecule has 1 fully saturated rings. The molecule has 0 unspecified atom stereocenters. The largest absolute Gasteiger partial charge is 0.393 e. The van der Waals surface area contributed by atoms with Gasteiger partial charge in [0, 0.05) is 19.2 Å². The molecular weight excluding hydrogens is 240 g/mol. The van der Waals surface area contributed by atoms with Crippen LogP contribution in [0.5, 0.6) is 0 Å². The van der Waals surface area contributed by atoms with Crippen molar-refractivity contribution >= 4 is 5.91 Å². The van der Waals surface area contributed by atoms with E-state index in [4.69, 9.17) is 5.73 Å². The van der Waals surface area contributed by atoms with Gasteiger partial charge in [0.2, 0.25) is 0 Å². The van der Waals surface area contributed by atoms with E-state index in [0.29, 0.717) is 18.0 Å². The van der Waals surface area contributed by atoms with Gasteiger partial charge in [-0.2, -0.15) is 0 Å². The zero-order valence-electron chi connectivity index (χ0n) is 11.4. The third kappa shape index (κ3) is 3.55. The number of aliphatic hydroxyl groups is 1. The van der Waals surface area contributed by atoms with E-state index < -0.39 is 0 Å². The van der Waals surface area contributed by atoms with Crippen LogP contribution in [0.4, 0.5) is 0 Å². The van der Waals surface area contributed by atoms with Crippen molar-refractivity contribution in [2.45, 2.75) is 25.4 Å². The van der Waals surface area contributed by atoms with E-state index >= 15 is 0 Å². The summed E-state index contributed by atoms with van der Waals surface area (Å²) in [7, 11) is 1.82. The molecule has 4 nitrogen and oxygen atoms in total. The fourth-order valence-electron chi connectivity index (χ4n) is 2.57. The van der Waals surface area contributed by atoms with Gasteiger partial charge in [-0.1, -0.05) is 12.1 Å². The monoisotopic (exact) mass is 262 g/mol. The first-order chi connectivity index (χ1) is 9.10. The zero-order valence-corrected chi connectivity index (χ0v) is 11.4. The fourth-order valence-corrected chi connectivity index (χ4v) is 2.57. The second-order valence-electron chi connectivity index (χ2n) is 5.42. The molecule has 104 valence electrons. The van der Waals surface area contributed by atoms with Gasteiger partial charge in [-0.15, -0.1) is 0 Å². The number of amides is 1. The molecule has 1 aliphatic carbocycles. The highest BCUT2D eigenvalue weighted by molar-refractivity contribution is 5.94. The lowest BCUT2D eigenvalue weighted by Gasteiger charge is -2.34. The lowest BCUT2D eigenvalue weighted by atomic mass is 9.82. The Hall–Kier alpha value is -1.39. The number of hydrogen-bond acceptors (Lipinski definition) is 3. The summed E-state index contributed by atoms with van der Waals surface area (Å²) >= 11 is 0. The van der Waals surface area contributed by atoms with E-state index in [1.54, 1.807) is 4.90 Å². The molecular formula is C15H22N2O2. The molecule has 4 heteroatoms. The predicted molar refractivity (Wildman–Crippen MR) is 74.9 cm³/mol. The molecule has 0 heterocycles. The van der Waals surface area contributed by atoms with Crippen molar-refractivity contribution in [2.75, 3.05) is 20.1 Å². The van der Waals surface area contributed by atoms with Crippen LogP contribution in [-0.4, -0.2) is 42.2 Å². The Labute approximate surface area is 114 Å². The Morgan fingerprint density at radius 3 is 2.84 bits per heavy atom. The lowest BCUT2D eigenvalue weighted by molar-refractivity contribution is 0.0265. The van der Waals surface area contributed by atoms with Crippen LogP contribution in [0.1, 0.15) is 28.8 Å². The van der Waals surface area contributed by atoms with E-state index in [1.807, 2.05) is 31.3 Å². The maximum Gasteiger partial charge on any atom is 0.253 e. The highest BCUT2D eigenvalue weighted by atomic mass is 16.3. The van der Waals surface area contributed by atoms with Gasteiger partial charge in [0.1, 0.15) is 0 Å². The topological polar surface area (TPSA) is 66.6 Å². The number of rotatable bonds is 5. The van der Waals surface area contributed by atoms with Crippen LogP contribution >= 0.6 is 0 Å². The summed E-state index contributed by atoms with van der Waals surface area (Å²) in [6.45, 7) is 1.31. The van der Waals surface area contributed by atoms with Gasteiger partial charge in [-0.25, -0.2) is 0 Å². The number of carbonyl (C=O) groups is 1. The summed E-state index contributed by atoms with van der Waals surface area (Å²) in [6, 6.07) is 7.65. The minimum atomic E-state index is -0.165. The second kappa shape index (κ2) is 6.17. The molecule has 0 aliphatic heterocycles. The highest BCUT2D eigenvalue weighted by Crippen LogP contribution is 2.27. The molecule has 0 saturated heterocycles. The van der Waals surface area contributed by atoms with Crippen LogP contribution in [0.15, 0.2) is 24.3 Å². The molecule has 1 aliphatic rings.